The highest BCUT2D eigenvalue weighted by Gasteiger charge is 2.33. The molecular weight excluding hydrogens is 228 g/mol. The van der Waals surface area contributed by atoms with Gasteiger partial charge in [-0.25, -0.2) is 0 Å². The van der Waals surface area contributed by atoms with Crippen molar-refractivity contribution in [3.63, 3.8) is 0 Å². The molecule has 1 nitrogen and oxygen atoms in total. The number of hydrogen-bond donors (Lipinski definition) is 0. The first-order valence-corrected chi connectivity index (χ1v) is 6.21. The third-order valence-electron chi connectivity index (χ3n) is 3.53. The summed E-state index contributed by atoms with van der Waals surface area (Å²) in [4.78, 5) is 0.752. The summed E-state index contributed by atoms with van der Waals surface area (Å²) in [5.74, 6) is 2.56. The van der Waals surface area contributed by atoms with Crippen LogP contribution in [-0.2, 0) is 4.74 Å². The fourth-order valence-corrected chi connectivity index (χ4v) is 3.12. The summed E-state index contributed by atoms with van der Waals surface area (Å²) in [6.45, 7) is 5.66. The van der Waals surface area contributed by atoms with E-state index in [0.29, 0.717) is 0 Å². The number of rotatable bonds is 4. The molecule has 0 saturated heterocycles. The van der Waals surface area contributed by atoms with Gasteiger partial charge in [-0.1, -0.05) is 29.8 Å². The van der Waals surface area contributed by atoms with Crippen LogP contribution >= 0.6 is 15.9 Å². The predicted molar refractivity (Wildman–Crippen MR) is 60.3 cm³/mol. The molecule has 0 bridgehead atoms. The van der Waals surface area contributed by atoms with Crippen molar-refractivity contribution >= 4 is 15.9 Å². The molecule has 0 N–H and O–H groups in total. The zero-order valence-corrected chi connectivity index (χ0v) is 10.5. The average Bonchev–Trinajstić information content (AvgIpc) is 2.44. The summed E-state index contributed by atoms with van der Waals surface area (Å²) in [5, 5.41) is 0. The van der Waals surface area contributed by atoms with Crippen molar-refractivity contribution in [1.82, 2.24) is 0 Å². The largest absolute Gasteiger partial charge is 0.385 e. The summed E-state index contributed by atoms with van der Waals surface area (Å²) < 4.78 is 5.12. The molecule has 13 heavy (non-hydrogen) atoms. The summed E-state index contributed by atoms with van der Waals surface area (Å²) in [5.41, 5.74) is 0. The van der Waals surface area contributed by atoms with Gasteiger partial charge in [0.1, 0.15) is 0 Å². The summed E-state index contributed by atoms with van der Waals surface area (Å²) in [6, 6.07) is 0. The highest BCUT2D eigenvalue weighted by atomic mass is 79.9. The van der Waals surface area contributed by atoms with Crippen LogP contribution in [0.15, 0.2) is 0 Å². The van der Waals surface area contributed by atoms with Gasteiger partial charge in [-0.3, -0.25) is 0 Å². The van der Waals surface area contributed by atoms with Gasteiger partial charge in [0.05, 0.1) is 0 Å². The number of alkyl halides is 1. The lowest BCUT2D eigenvalue weighted by molar-refractivity contribution is 0.157. The molecule has 1 aliphatic rings. The Morgan fingerprint density at radius 1 is 1.46 bits per heavy atom. The van der Waals surface area contributed by atoms with Crippen molar-refractivity contribution in [3.05, 3.63) is 0 Å². The number of methoxy groups -OCH3 is 1. The second-order valence-corrected chi connectivity index (χ2v) is 5.55. The molecule has 0 radical (unpaired) electrons. The maximum absolute atomic E-state index is 5.12. The molecule has 0 aromatic heterocycles. The molecule has 0 heterocycles. The standard InChI is InChI=1S/C11H21BrO/c1-8(6-7-13-3)10-4-5-11(12)9(10)2/h8-11H,4-7H2,1-3H3. The van der Waals surface area contributed by atoms with Crippen LogP contribution < -0.4 is 0 Å². The molecule has 1 aliphatic carbocycles. The Balaban J connectivity index is 2.34. The second-order valence-electron chi connectivity index (χ2n) is 4.38. The van der Waals surface area contributed by atoms with E-state index in [1.165, 1.54) is 19.3 Å². The molecule has 0 aromatic carbocycles. The molecule has 0 aliphatic heterocycles. The molecule has 0 amide bonds. The third kappa shape index (κ3) is 2.95. The molecule has 78 valence electrons. The van der Waals surface area contributed by atoms with Crippen LogP contribution in [0.1, 0.15) is 33.1 Å². The first-order valence-electron chi connectivity index (χ1n) is 5.29. The molecular formula is C11H21BrO. The maximum Gasteiger partial charge on any atom is 0.0464 e. The van der Waals surface area contributed by atoms with E-state index < -0.39 is 0 Å². The zero-order chi connectivity index (χ0) is 9.84. The minimum Gasteiger partial charge on any atom is -0.385 e. The van der Waals surface area contributed by atoms with E-state index in [1.807, 2.05) is 0 Å². The normalized spacial score (nSPS) is 36.5. The summed E-state index contributed by atoms with van der Waals surface area (Å²) in [7, 11) is 1.79. The highest BCUT2D eigenvalue weighted by molar-refractivity contribution is 9.09. The predicted octanol–water partition coefficient (Wildman–Crippen LogP) is 3.47. The van der Waals surface area contributed by atoms with Crippen molar-refractivity contribution in [3.8, 4) is 0 Å². The SMILES string of the molecule is COCCC(C)C1CCC(Br)C1C. The van der Waals surface area contributed by atoms with Crippen LogP contribution in [0.5, 0.6) is 0 Å². The first kappa shape index (κ1) is 11.5. The fraction of sp³-hybridized carbons (Fsp3) is 1.00. The Bertz CT molecular complexity index is 149. The van der Waals surface area contributed by atoms with Gasteiger partial charge in [-0.2, -0.15) is 0 Å². The molecule has 0 spiro atoms. The Labute approximate surface area is 90.4 Å². The molecule has 1 saturated carbocycles. The number of halogens is 1. The van der Waals surface area contributed by atoms with E-state index in [9.17, 15) is 0 Å². The molecule has 0 aromatic rings. The van der Waals surface area contributed by atoms with Crippen molar-refractivity contribution in [1.29, 1.82) is 0 Å². The van der Waals surface area contributed by atoms with Gasteiger partial charge >= 0.3 is 0 Å². The van der Waals surface area contributed by atoms with Gasteiger partial charge in [-0.05, 0) is 37.0 Å². The third-order valence-corrected chi connectivity index (χ3v) is 4.82. The topological polar surface area (TPSA) is 9.23 Å². The summed E-state index contributed by atoms with van der Waals surface area (Å²) >= 11 is 3.75. The van der Waals surface area contributed by atoms with Crippen molar-refractivity contribution in [2.45, 2.75) is 37.9 Å². The Morgan fingerprint density at radius 2 is 2.15 bits per heavy atom. The molecule has 4 atom stereocenters. The molecule has 1 fully saturated rings. The number of hydrogen-bond acceptors (Lipinski definition) is 1. The van der Waals surface area contributed by atoms with E-state index >= 15 is 0 Å². The summed E-state index contributed by atoms with van der Waals surface area (Å²) in [6.07, 6.45) is 3.95. The molecule has 4 unspecified atom stereocenters. The Morgan fingerprint density at radius 3 is 2.62 bits per heavy atom. The van der Waals surface area contributed by atoms with Crippen molar-refractivity contribution in [2.75, 3.05) is 13.7 Å². The lowest BCUT2D eigenvalue weighted by Gasteiger charge is -2.24. The smallest absolute Gasteiger partial charge is 0.0464 e. The Hall–Kier alpha value is 0.440. The molecule has 2 heteroatoms. The van der Waals surface area contributed by atoms with Gasteiger partial charge in [0.25, 0.3) is 0 Å². The van der Waals surface area contributed by atoms with Crippen LogP contribution in [0, 0.1) is 17.8 Å². The molecule has 1 rings (SSSR count). The monoisotopic (exact) mass is 248 g/mol. The van der Waals surface area contributed by atoms with E-state index in [1.54, 1.807) is 7.11 Å². The average molecular weight is 249 g/mol. The minimum atomic E-state index is 0.752. The first-order chi connectivity index (χ1) is 6.16. The van der Waals surface area contributed by atoms with E-state index in [4.69, 9.17) is 4.74 Å². The van der Waals surface area contributed by atoms with E-state index in [0.717, 1.165) is 29.2 Å². The van der Waals surface area contributed by atoms with Crippen LogP contribution in [-0.4, -0.2) is 18.5 Å². The van der Waals surface area contributed by atoms with Gasteiger partial charge in [0.15, 0.2) is 0 Å². The van der Waals surface area contributed by atoms with Gasteiger partial charge in [0, 0.05) is 18.5 Å². The lowest BCUT2D eigenvalue weighted by atomic mass is 9.84. The van der Waals surface area contributed by atoms with Crippen LogP contribution in [0.25, 0.3) is 0 Å². The van der Waals surface area contributed by atoms with Crippen LogP contribution in [0.4, 0.5) is 0 Å². The van der Waals surface area contributed by atoms with Gasteiger partial charge in [0.2, 0.25) is 0 Å². The van der Waals surface area contributed by atoms with Crippen molar-refractivity contribution in [2.24, 2.45) is 17.8 Å². The minimum absolute atomic E-state index is 0.752. The fourth-order valence-electron chi connectivity index (χ4n) is 2.47. The maximum atomic E-state index is 5.12. The quantitative estimate of drug-likeness (QED) is 0.693. The second kappa shape index (κ2) is 5.35. The Kier molecular flexibility index (Phi) is 4.74. The van der Waals surface area contributed by atoms with E-state index in [-0.39, 0.29) is 0 Å². The van der Waals surface area contributed by atoms with Gasteiger partial charge < -0.3 is 4.74 Å². The van der Waals surface area contributed by atoms with Crippen LogP contribution in [0.3, 0.4) is 0 Å². The van der Waals surface area contributed by atoms with Crippen molar-refractivity contribution < 1.29 is 4.74 Å². The van der Waals surface area contributed by atoms with Crippen LogP contribution in [0.2, 0.25) is 0 Å². The highest BCUT2D eigenvalue weighted by Crippen LogP contribution is 2.41. The lowest BCUT2D eigenvalue weighted by Crippen LogP contribution is -2.19. The zero-order valence-electron chi connectivity index (χ0n) is 8.92. The number of ether oxygens (including phenoxy) is 1. The van der Waals surface area contributed by atoms with Gasteiger partial charge in [-0.15, -0.1) is 0 Å². The van der Waals surface area contributed by atoms with E-state index in [2.05, 4.69) is 29.8 Å².